The van der Waals surface area contributed by atoms with E-state index in [0.29, 0.717) is 0 Å². The Kier molecular flexibility index (Phi) is 2.79. The normalized spacial score (nSPS) is 20.4. The molecule has 1 unspecified atom stereocenters. The van der Waals surface area contributed by atoms with Crippen LogP contribution in [0.4, 0.5) is 19.3 Å². The summed E-state index contributed by atoms with van der Waals surface area (Å²) in [6, 6.07) is 2.83. The van der Waals surface area contributed by atoms with Crippen molar-refractivity contribution < 1.29 is 18.4 Å². The van der Waals surface area contributed by atoms with Crippen molar-refractivity contribution in [3.8, 4) is 0 Å². The molecule has 2 rings (SSSR count). The lowest BCUT2D eigenvalue weighted by Crippen LogP contribution is -2.54. The minimum absolute atomic E-state index is 0.0328. The summed E-state index contributed by atoms with van der Waals surface area (Å²) in [5, 5.41) is 2.08. The van der Waals surface area contributed by atoms with Crippen molar-refractivity contribution in [2.24, 2.45) is 5.92 Å². The quantitative estimate of drug-likeness (QED) is 0.811. The average molecular weight is 240 g/mol. The Bertz CT molecular complexity index is 490. The van der Waals surface area contributed by atoms with E-state index in [1.807, 2.05) is 0 Å². The van der Waals surface area contributed by atoms with Crippen molar-refractivity contribution in [3.63, 3.8) is 0 Å². The summed E-state index contributed by atoms with van der Waals surface area (Å²) >= 11 is 0. The van der Waals surface area contributed by atoms with Crippen molar-refractivity contribution in [2.45, 2.75) is 6.92 Å². The van der Waals surface area contributed by atoms with E-state index < -0.39 is 29.5 Å². The van der Waals surface area contributed by atoms with Gasteiger partial charge in [-0.1, -0.05) is 13.0 Å². The Hall–Kier alpha value is -1.98. The Balaban J connectivity index is 2.36. The predicted molar refractivity (Wildman–Crippen MR) is 56.4 cm³/mol. The summed E-state index contributed by atoms with van der Waals surface area (Å²) in [5.74, 6) is -3.00. The fourth-order valence-electron chi connectivity index (χ4n) is 1.64. The highest BCUT2D eigenvalue weighted by molar-refractivity contribution is 6.06. The molecule has 1 fully saturated rings. The third-order valence-corrected chi connectivity index (χ3v) is 2.60. The zero-order valence-corrected chi connectivity index (χ0v) is 9.04. The Morgan fingerprint density at radius 2 is 2.06 bits per heavy atom. The van der Waals surface area contributed by atoms with Crippen LogP contribution in [0.1, 0.15) is 6.92 Å². The van der Waals surface area contributed by atoms with Gasteiger partial charge in [0.05, 0.1) is 11.6 Å². The summed E-state index contributed by atoms with van der Waals surface area (Å²) < 4.78 is 26.5. The summed E-state index contributed by atoms with van der Waals surface area (Å²) in [4.78, 5) is 23.7. The van der Waals surface area contributed by atoms with Gasteiger partial charge in [-0.2, -0.15) is 0 Å². The topological polar surface area (TPSA) is 49.4 Å². The minimum atomic E-state index is -1.09. The van der Waals surface area contributed by atoms with Crippen LogP contribution < -0.4 is 10.2 Å². The molecule has 0 aliphatic carbocycles. The fraction of sp³-hybridized carbons (Fsp3) is 0.273. The van der Waals surface area contributed by atoms with Crippen molar-refractivity contribution in [1.82, 2.24) is 5.32 Å². The molecule has 6 heteroatoms. The lowest BCUT2D eigenvalue weighted by Gasteiger charge is -2.30. The first-order valence-electron chi connectivity index (χ1n) is 5.07. The summed E-state index contributed by atoms with van der Waals surface area (Å²) in [6.45, 7) is 1.64. The van der Waals surface area contributed by atoms with Gasteiger partial charge in [0.2, 0.25) is 5.91 Å². The summed E-state index contributed by atoms with van der Waals surface area (Å²) in [5.41, 5.74) is -0.165. The summed E-state index contributed by atoms with van der Waals surface area (Å²) in [6.07, 6.45) is 0. The lowest BCUT2D eigenvalue weighted by atomic mass is 10.1. The molecule has 1 aromatic rings. The van der Waals surface area contributed by atoms with Crippen molar-refractivity contribution in [2.75, 3.05) is 11.4 Å². The molecule has 1 heterocycles. The van der Waals surface area contributed by atoms with Crippen molar-refractivity contribution in [1.29, 1.82) is 0 Å². The van der Waals surface area contributed by atoms with Crippen LogP contribution in [0.15, 0.2) is 18.2 Å². The Labute approximate surface area is 96.2 Å². The first kappa shape index (κ1) is 11.5. The van der Waals surface area contributed by atoms with E-state index in [0.717, 1.165) is 11.0 Å². The maximum absolute atomic E-state index is 13.5. The number of imide groups is 1. The first-order chi connectivity index (χ1) is 8.00. The maximum atomic E-state index is 13.5. The molecule has 0 bridgehead atoms. The number of amides is 3. The molecule has 4 nitrogen and oxygen atoms in total. The van der Waals surface area contributed by atoms with Crippen LogP contribution in [-0.2, 0) is 4.79 Å². The number of benzene rings is 1. The van der Waals surface area contributed by atoms with E-state index in [9.17, 15) is 18.4 Å². The molecule has 17 heavy (non-hydrogen) atoms. The van der Waals surface area contributed by atoms with Gasteiger partial charge in [-0.3, -0.25) is 15.0 Å². The number of carbonyl (C=O) groups excluding carboxylic acids is 2. The predicted octanol–water partition coefficient (Wildman–Crippen LogP) is 1.66. The monoisotopic (exact) mass is 240 g/mol. The van der Waals surface area contributed by atoms with Gasteiger partial charge in [-0.15, -0.1) is 0 Å². The van der Waals surface area contributed by atoms with Gasteiger partial charge < -0.3 is 0 Å². The van der Waals surface area contributed by atoms with E-state index in [1.54, 1.807) is 6.92 Å². The van der Waals surface area contributed by atoms with E-state index in [-0.39, 0.29) is 12.2 Å². The highest BCUT2D eigenvalue weighted by Crippen LogP contribution is 2.24. The molecule has 1 aliphatic heterocycles. The van der Waals surface area contributed by atoms with E-state index in [2.05, 4.69) is 5.32 Å². The molecule has 1 aromatic carbocycles. The van der Waals surface area contributed by atoms with Crippen molar-refractivity contribution >= 4 is 17.6 Å². The first-order valence-corrected chi connectivity index (χ1v) is 5.07. The molecule has 3 amide bonds. The molecular formula is C11H10F2N2O2. The van der Waals surface area contributed by atoms with Crippen LogP contribution in [0.5, 0.6) is 0 Å². The molecule has 0 radical (unpaired) electrons. The second kappa shape index (κ2) is 4.12. The van der Waals surface area contributed by atoms with E-state index in [1.165, 1.54) is 12.1 Å². The average Bonchev–Trinajstić information content (AvgIpc) is 2.28. The molecule has 1 atom stereocenters. The molecule has 90 valence electrons. The van der Waals surface area contributed by atoms with E-state index >= 15 is 0 Å². The van der Waals surface area contributed by atoms with Crippen LogP contribution in [-0.4, -0.2) is 18.5 Å². The number of halogens is 2. The number of carbonyl (C=O) groups is 2. The molecule has 1 N–H and O–H groups in total. The maximum Gasteiger partial charge on any atom is 0.328 e. The zero-order chi connectivity index (χ0) is 12.6. The largest absolute Gasteiger partial charge is 0.328 e. The number of hydrogen-bond acceptors (Lipinski definition) is 2. The minimum Gasteiger partial charge on any atom is -0.290 e. The van der Waals surface area contributed by atoms with Gasteiger partial charge in [0.25, 0.3) is 0 Å². The smallest absolute Gasteiger partial charge is 0.290 e. The number of hydrogen-bond donors (Lipinski definition) is 1. The van der Waals surface area contributed by atoms with Gasteiger partial charge in [0, 0.05) is 6.54 Å². The standard InChI is InChI=1S/C11H10F2N2O2/c1-6-5-15(11(17)14-10(6)16)8-4-2-3-7(12)9(8)13/h2-4,6H,5H2,1H3,(H,14,16,17). The number of nitrogens with one attached hydrogen (secondary N) is 1. The van der Waals surface area contributed by atoms with Crippen LogP contribution in [0.25, 0.3) is 0 Å². The van der Waals surface area contributed by atoms with E-state index in [4.69, 9.17) is 0 Å². The van der Waals surface area contributed by atoms with Crippen LogP contribution in [0, 0.1) is 17.6 Å². The van der Waals surface area contributed by atoms with Gasteiger partial charge in [-0.05, 0) is 12.1 Å². The SMILES string of the molecule is CC1CN(c2cccc(F)c2F)C(=O)NC1=O. The van der Waals surface area contributed by atoms with Gasteiger partial charge in [0.1, 0.15) is 0 Å². The molecular weight excluding hydrogens is 230 g/mol. The second-order valence-corrected chi connectivity index (χ2v) is 3.88. The summed E-state index contributed by atoms with van der Waals surface area (Å²) in [7, 11) is 0. The Morgan fingerprint density at radius 1 is 1.35 bits per heavy atom. The fourth-order valence-corrected chi connectivity index (χ4v) is 1.64. The number of urea groups is 1. The third kappa shape index (κ3) is 1.98. The van der Waals surface area contributed by atoms with Crippen LogP contribution in [0.2, 0.25) is 0 Å². The highest BCUT2D eigenvalue weighted by atomic mass is 19.2. The van der Waals surface area contributed by atoms with Gasteiger partial charge in [-0.25, -0.2) is 13.6 Å². The van der Waals surface area contributed by atoms with Crippen LogP contribution >= 0.6 is 0 Å². The zero-order valence-electron chi connectivity index (χ0n) is 9.04. The number of rotatable bonds is 1. The lowest BCUT2D eigenvalue weighted by molar-refractivity contribution is -0.123. The van der Waals surface area contributed by atoms with Crippen LogP contribution in [0.3, 0.4) is 0 Å². The number of nitrogens with zero attached hydrogens (tertiary/aromatic N) is 1. The van der Waals surface area contributed by atoms with Crippen molar-refractivity contribution in [3.05, 3.63) is 29.8 Å². The third-order valence-electron chi connectivity index (χ3n) is 2.60. The molecule has 1 saturated heterocycles. The molecule has 0 spiro atoms. The molecule has 0 saturated carbocycles. The highest BCUT2D eigenvalue weighted by Gasteiger charge is 2.31. The molecule has 0 aromatic heterocycles. The number of anilines is 1. The van der Waals surface area contributed by atoms with Gasteiger partial charge >= 0.3 is 6.03 Å². The van der Waals surface area contributed by atoms with Gasteiger partial charge in [0.15, 0.2) is 11.6 Å². The second-order valence-electron chi connectivity index (χ2n) is 3.88. The molecule has 1 aliphatic rings. The Morgan fingerprint density at radius 3 is 2.76 bits per heavy atom.